The topological polar surface area (TPSA) is 52.5 Å². The molecular formula is C17H21NO2. The molecule has 0 spiro atoms. The zero-order chi connectivity index (χ0) is 14.5. The highest BCUT2D eigenvalue weighted by atomic mass is 16.3. The van der Waals surface area contributed by atoms with E-state index in [9.17, 15) is 10.2 Å². The van der Waals surface area contributed by atoms with E-state index in [-0.39, 0.29) is 12.6 Å². The number of aryl methyl sites for hydroxylation is 2. The number of rotatable bonds is 5. The van der Waals surface area contributed by atoms with E-state index in [4.69, 9.17) is 0 Å². The van der Waals surface area contributed by atoms with Crippen molar-refractivity contribution in [1.82, 2.24) is 5.32 Å². The molecule has 0 bridgehead atoms. The van der Waals surface area contributed by atoms with Gasteiger partial charge in [0.15, 0.2) is 0 Å². The Hall–Kier alpha value is -1.84. The van der Waals surface area contributed by atoms with Crippen LogP contribution in [0.2, 0.25) is 0 Å². The molecule has 3 heteroatoms. The summed E-state index contributed by atoms with van der Waals surface area (Å²) in [5.74, 6) is 0.357. The van der Waals surface area contributed by atoms with Crippen LogP contribution in [0.25, 0.3) is 0 Å². The summed E-state index contributed by atoms with van der Waals surface area (Å²) >= 11 is 0. The molecule has 0 saturated carbocycles. The Balaban J connectivity index is 2.07. The molecule has 0 fully saturated rings. The summed E-state index contributed by atoms with van der Waals surface area (Å²) in [6.45, 7) is 4.50. The molecule has 0 saturated heterocycles. The molecule has 0 aliphatic rings. The zero-order valence-electron chi connectivity index (χ0n) is 11.9. The summed E-state index contributed by atoms with van der Waals surface area (Å²) in [5, 5.41) is 22.6. The number of hydrogen-bond donors (Lipinski definition) is 3. The summed E-state index contributed by atoms with van der Waals surface area (Å²) < 4.78 is 0. The largest absolute Gasteiger partial charge is 0.507 e. The number of nitrogens with one attached hydrogen (secondary N) is 1. The van der Waals surface area contributed by atoms with Crippen molar-refractivity contribution in [3.63, 3.8) is 0 Å². The monoisotopic (exact) mass is 271 g/mol. The first-order valence-corrected chi connectivity index (χ1v) is 6.80. The number of phenolic OH excluding ortho intramolecular Hbond substituents is 1. The second-order valence-corrected chi connectivity index (χ2v) is 5.10. The second kappa shape index (κ2) is 6.55. The molecule has 3 N–H and O–H groups in total. The van der Waals surface area contributed by atoms with Crippen LogP contribution in [0.5, 0.6) is 5.75 Å². The van der Waals surface area contributed by atoms with Gasteiger partial charge < -0.3 is 15.5 Å². The van der Waals surface area contributed by atoms with Crippen LogP contribution in [0.3, 0.4) is 0 Å². The number of aliphatic hydroxyl groups excluding tert-OH is 1. The van der Waals surface area contributed by atoms with Crippen molar-refractivity contribution in [2.75, 3.05) is 6.61 Å². The lowest BCUT2D eigenvalue weighted by molar-refractivity contribution is 0.243. The predicted octanol–water partition coefficient (Wildman–Crippen LogP) is 2.83. The van der Waals surface area contributed by atoms with E-state index in [2.05, 4.69) is 5.32 Å². The van der Waals surface area contributed by atoms with Crippen LogP contribution in [-0.4, -0.2) is 16.8 Å². The molecule has 106 valence electrons. The molecule has 0 amide bonds. The fourth-order valence-corrected chi connectivity index (χ4v) is 2.36. The van der Waals surface area contributed by atoms with Crippen molar-refractivity contribution in [3.05, 3.63) is 64.7 Å². The van der Waals surface area contributed by atoms with Crippen LogP contribution in [0.1, 0.15) is 28.3 Å². The second-order valence-electron chi connectivity index (χ2n) is 5.10. The summed E-state index contributed by atoms with van der Waals surface area (Å²) in [7, 11) is 0. The molecule has 2 rings (SSSR count). The molecule has 2 aromatic carbocycles. The maximum atomic E-state index is 9.77. The van der Waals surface area contributed by atoms with Crippen LogP contribution in [0.15, 0.2) is 42.5 Å². The van der Waals surface area contributed by atoms with Gasteiger partial charge in [-0.3, -0.25) is 0 Å². The van der Waals surface area contributed by atoms with Gasteiger partial charge in [-0.1, -0.05) is 42.5 Å². The van der Waals surface area contributed by atoms with E-state index < -0.39 is 0 Å². The molecular weight excluding hydrogens is 250 g/mol. The Labute approximate surface area is 119 Å². The minimum absolute atomic E-state index is 0.0556. The van der Waals surface area contributed by atoms with E-state index in [0.29, 0.717) is 12.3 Å². The van der Waals surface area contributed by atoms with Crippen LogP contribution < -0.4 is 5.32 Å². The van der Waals surface area contributed by atoms with Gasteiger partial charge in [0.25, 0.3) is 0 Å². The van der Waals surface area contributed by atoms with Gasteiger partial charge in [0.2, 0.25) is 0 Å². The first-order chi connectivity index (χ1) is 9.61. The Bertz CT molecular complexity index is 543. The van der Waals surface area contributed by atoms with Gasteiger partial charge in [-0.2, -0.15) is 0 Å². The van der Waals surface area contributed by atoms with Gasteiger partial charge in [-0.15, -0.1) is 0 Å². The van der Waals surface area contributed by atoms with Crippen LogP contribution in [-0.2, 0) is 6.54 Å². The summed E-state index contributed by atoms with van der Waals surface area (Å²) in [6, 6.07) is 13.8. The summed E-state index contributed by atoms with van der Waals surface area (Å²) in [6.07, 6.45) is 0. The third-order valence-electron chi connectivity index (χ3n) is 3.49. The number of benzene rings is 2. The van der Waals surface area contributed by atoms with E-state index >= 15 is 0 Å². The van der Waals surface area contributed by atoms with Crippen molar-refractivity contribution < 1.29 is 10.2 Å². The number of phenols is 1. The van der Waals surface area contributed by atoms with Gasteiger partial charge in [0, 0.05) is 6.54 Å². The van der Waals surface area contributed by atoms with Crippen LogP contribution in [0, 0.1) is 13.8 Å². The highest BCUT2D eigenvalue weighted by Gasteiger charge is 2.10. The standard InChI is InChI=1S/C17H21NO2/c1-12-8-14(9-13(2)17(12)20)10-18-16(11-19)15-6-4-3-5-7-15/h3-9,16,18-20H,10-11H2,1-2H3. The molecule has 0 aliphatic carbocycles. The zero-order valence-corrected chi connectivity index (χ0v) is 11.9. The number of aromatic hydroxyl groups is 1. The quantitative estimate of drug-likeness (QED) is 0.784. The highest BCUT2D eigenvalue weighted by molar-refractivity contribution is 5.42. The van der Waals surface area contributed by atoms with Gasteiger partial charge in [-0.05, 0) is 36.1 Å². The van der Waals surface area contributed by atoms with Gasteiger partial charge in [0.1, 0.15) is 5.75 Å². The van der Waals surface area contributed by atoms with E-state index in [1.54, 1.807) is 0 Å². The maximum Gasteiger partial charge on any atom is 0.121 e. The van der Waals surface area contributed by atoms with E-state index in [1.807, 2.05) is 56.3 Å². The predicted molar refractivity (Wildman–Crippen MR) is 80.7 cm³/mol. The summed E-state index contributed by atoms with van der Waals surface area (Å²) in [5.41, 5.74) is 3.93. The minimum atomic E-state index is -0.0781. The molecule has 20 heavy (non-hydrogen) atoms. The lowest BCUT2D eigenvalue weighted by Crippen LogP contribution is -2.24. The van der Waals surface area contributed by atoms with Crippen molar-refractivity contribution in [2.45, 2.75) is 26.4 Å². The van der Waals surface area contributed by atoms with E-state index in [0.717, 1.165) is 22.3 Å². The fraction of sp³-hybridized carbons (Fsp3) is 0.294. The Morgan fingerprint density at radius 1 is 1.05 bits per heavy atom. The smallest absolute Gasteiger partial charge is 0.121 e. The lowest BCUT2D eigenvalue weighted by atomic mass is 10.0. The van der Waals surface area contributed by atoms with Crippen molar-refractivity contribution in [1.29, 1.82) is 0 Å². The van der Waals surface area contributed by atoms with Crippen molar-refractivity contribution in [2.24, 2.45) is 0 Å². The van der Waals surface area contributed by atoms with Gasteiger partial charge >= 0.3 is 0 Å². The number of hydrogen-bond acceptors (Lipinski definition) is 3. The Morgan fingerprint density at radius 3 is 2.20 bits per heavy atom. The molecule has 0 radical (unpaired) electrons. The third-order valence-corrected chi connectivity index (χ3v) is 3.49. The molecule has 0 aliphatic heterocycles. The van der Waals surface area contributed by atoms with Crippen molar-refractivity contribution in [3.8, 4) is 5.75 Å². The normalized spacial score (nSPS) is 12.3. The van der Waals surface area contributed by atoms with Crippen LogP contribution >= 0.6 is 0 Å². The average Bonchev–Trinajstić information content (AvgIpc) is 2.46. The van der Waals surface area contributed by atoms with Gasteiger partial charge in [-0.25, -0.2) is 0 Å². The first-order valence-electron chi connectivity index (χ1n) is 6.80. The van der Waals surface area contributed by atoms with E-state index in [1.165, 1.54) is 0 Å². The molecule has 1 atom stereocenters. The molecule has 1 unspecified atom stereocenters. The molecule has 2 aromatic rings. The minimum Gasteiger partial charge on any atom is -0.507 e. The maximum absolute atomic E-state index is 9.77. The molecule has 0 aromatic heterocycles. The Kier molecular flexibility index (Phi) is 4.77. The van der Waals surface area contributed by atoms with Crippen LogP contribution in [0.4, 0.5) is 0 Å². The highest BCUT2D eigenvalue weighted by Crippen LogP contribution is 2.23. The number of aliphatic hydroxyl groups is 1. The third kappa shape index (κ3) is 3.38. The fourth-order valence-electron chi connectivity index (χ4n) is 2.36. The first kappa shape index (κ1) is 14.6. The molecule has 0 heterocycles. The Morgan fingerprint density at radius 2 is 1.65 bits per heavy atom. The summed E-state index contributed by atoms with van der Waals surface area (Å²) in [4.78, 5) is 0. The van der Waals surface area contributed by atoms with Gasteiger partial charge in [0.05, 0.1) is 12.6 Å². The lowest BCUT2D eigenvalue weighted by Gasteiger charge is -2.17. The molecule has 3 nitrogen and oxygen atoms in total. The van der Waals surface area contributed by atoms with Crippen molar-refractivity contribution >= 4 is 0 Å². The average molecular weight is 271 g/mol. The SMILES string of the molecule is Cc1cc(CNC(CO)c2ccccc2)cc(C)c1O.